The molecule has 3 rings (SSSR count). The lowest BCUT2D eigenvalue weighted by molar-refractivity contribution is -0.137. The van der Waals surface area contributed by atoms with Crippen molar-refractivity contribution >= 4 is 16.7 Å². The number of aromatic amines is 1. The zero-order valence-electron chi connectivity index (χ0n) is 11.5. The van der Waals surface area contributed by atoms with Gasteiger partial charge in [-0.15, -0.1) is 0 Å². The van der Waals surface area contributed by atoms with Crippen LogP contribution in [0.4, 0.5) is 13.2 Å². The van der Waals surface area contributed by atoms with Crippen LogP contribution in [-0.4, -0.2) is 16.0 Å². The first kappa shape index (κ1) is 14.3. The second kappa shape index (κ2) is 4.98. The predicted octanol–water partition coefficient (Wildman–Crippen LogP) is 4.45. The van der Waals surface area contributed by atoms with Crippen molar-refractivity contribution in [2.45, 2.75) is 13.1 Å². The summed E-state index contributed by atoms with van der Waals surface area (Å²) in [5.74, 6) is -0.0479. The molecule has 0 radical (unpaired) electrons. The molecule has 0 aliphatic heterocycles. The zero-order chi connectivity index (χ0) is 15.9. The third-order valence-corrected chi connectivity index (χ3v) is 3.46. The van der Waals surface area contributed by atoms with Crippen molar-refractivity contribution in [1.29, 1.82) is 0 Å². The summed E-state index contributed by atoms with van der Waals surface area (Å²) in [6, 6.07) is 10.3. The van der Waals surface area contributed by atoms with Crippen LogP contribution >= 0.6 is 0 Å². The molecule has 112 valence electrons. The smallest absolute Gasteiger partial charge is 0.295 e. The van der Waals surface area contributed by atoms with E-state index in [9.17, 15) is 18.0 Å². The highest BCUT2D eigenvalue weighted by Gasteiger charge is 2.30. The van der Waals surface area contributed by atoms with Crippen molar-refractivity contribution in [3.05, 3.63) is 53.6 Å². The highest BCUT2D eigenvalue weighted by Crippen LogP contribution is 2.33. The Bertz CT molecular complexity index is 848. The minimum absolute atomic E-state index is 0.0479. The van der Waals surface area contributed by atoms with Gasteiger partial charge in [0, 0.05) is 16.5 Å². The molecule has 0 aliphatic carbocycles. The summed E-state index contributed by atoms with van der Waals surface area (Å²) in [4.78, 5) is 11.3. The molecule has 0 saturated carbocycles. The Labute approximate surface area is 123 Å². The molecule has 3 nitrogen and oxygen atoms in total. The van der Waals surface area contributed by atoms with Gasteiger partial charge in [0.15, 0.2) is 5.78 Å². The van der Waals surface area contributed by atoms with E-state index in [-0.39, 0.29) is 5.78 Å². The van der Waals surface area contributed by atoms with Crippen molar-refractivity contribution in [2.24, 2.45) is 0 Å². The van der Waals surface area contributed by atoms with Gasteiger partial charge in [-0.2, -0.15) is 18.3 Å². The quantitative estimate of drug-likeness (QED) is 0.711. The van der Waals surface area contributed by atoms with E-state index in [0.29, 0.717) is 22.2 Å². The lowest BCUT2D eigenvalue weighted by Crippen LogP contribution is -2.04. The van der Waals surface area contributed by atoms with Crippen molar-refractivity contribution in [3.63, 3.8) is 0 Å². The monoisotopic (exact) mass is 304 g/mol. The lowest BCUT2D eigenvalue weighted by Gasteiger charge is -2.06. The van der Waals surface area contributed by atoms with Crippen LogP contribution in [-0.2, 0) is 6.18 Å². The maximum absolute atomic E-state index is 12.7. The molecular formula is C16H11F3N2O. The topological polar surface area (TPSA) is 45.8 Å². The molecule has 0 saturated heterocycles. The maximum atomic E-state index is 12.7. The van der Waals surface area contributed by atoms with Crippen LogP contribution in [0.2, 0.25) is 0 Å². The fourth-order valence-corrected chi connectivity index (χ4v) is 2.28. The molecule has 1 heterocycles. The van der Waals surface area contributed by atoms with Gasteiger partial charge in [-0.05, 0) is 25.1 Å². The first-order chi connectivity index (χ1) is 10.4. The fourth-order valence-electron chi connectivity index (χ4n) is 2.28. The SMILES string of the molecule is CC(=O)c1ccc(-c2n[nH]c3cc(C(F)(F)F)ccc23)cc1. The number of aromatic nitrogens is 2. The highest BCUT2D eigenvalue weighted by molar-refractivity contribution is 5.96. The molecule has 1 aromatic heterocycles. The molecule has 1 N–H and O–H groups in total. The number of hydrogen-bond donors (Lipinski definition) is 1. The number of Topliss-reactive ketones (excluding diaryl/α,β-unsaturated/α-hetero) is 1. The Morgan fingerprint density at radius 3 is 2.36 bits per heavy atom. The molecule has 0 unspecified atom stereocenters. The Hall–Kier alpha value is -2.63. The van der Waals surface area contributed by atoms with E-state index >= 15 is 0 Å². The Morgan fingerprint density at radius 1 is 1.09 bits per heavy atom. The minimum atomic E-state index is -4.39. The van der Waals surface area contributed by atoms with Gasteiger partial charge in [0.05, 0.1) is 16.8 Å². The number of nitrogens with zero attached hydrogens (tertiary/aromatic N) is 1. The van der Waals surface area contributed by atoms with Crippen molar-refractivity contribution < 1.29 is 18.0 Å². The Morgan fingerprint density at radius 2 is 1.77 bits per heavy atom. The van der Waals surface area contributed by atoms with E-state index in [1.807, 2.05) is 0 Å². The fraction of sp³-hybridized carbons (Fsp3) is 0.125. The molecule has 0 bridgehead atoms. The van der Waals surface area contributed by atoms with Gasteiger partial charge in [-0.3, -0.25) is 9.89 Å². The molecule has 0 spiro atoms. The molecule has 0 amide bonds. The average Bonchev–Trinajstić information content (AvgIpc) is 2.89. The number of halogens is 3. The third kappa shape index (κ3) is 2.47. The number of ketones is 1. The summed E-state index contributed by atoms with van der Waals surface area (Å²) in [5, 5.41) is 7.31. The number of benzene rings is 2. The summed E-state index contributed by atoms with van der Waals surface area (Å²) < 4.78 is 38.1. The molecule has 0 atom stereocenters. The predicted molar refractivity (Wildman–Crippen MR) is 76.5 cm³/mol. The van der Waals surface area contributed by atoms with Gasteiger partial charge >= 0.3 is 6.18 Å². The number of carbonyl (C=O) groups is 1. The Kier molecular flexibility index (Phi) is 3.24. The number of fused-ring (bicyclic) bond motifs is 1. The number of rotatable bonds is 2. The number of carbonyl (C=O) groups excluding carboxylic acids is 1. The van der Waals surface area contributed by atoms with Crippen LogP contribution < -0.4 is 0 Å². The Balaban J connectivity index is 2.06. The molecule has 0 aliphatic rings. The minimum Gasteiger partial charge on any atom is -0.295 e. The summed E-state index contributed by atoms with van der Waals surface area (Å²) in [6.45, 7) is 1.47. The van der Waals surface area contributed by atoms with Crippen LogP contribution in [0.15, 0.2) is 42.5 Å². The van der Waals surface area contributed by atoms with E-state index in [1.54, 1.807) is 24.3 Å². The van der Waals surface area contributed by atoms with E-state index in [2.05, 4.69) is 10.2 Å². The third-order valence-electron chi connectivity index (χ3n) is 3.46. The number of H-pyrrole nitrogens is 1. The summed E-state index contributed by atoms with van der Waals surface area (Å²) in [7, 11) is 0. The second-order valence-electron chi connectivity index (χ2n) is 4.96. The molecule has 3 aromatic rings. The number of hydrogen-bond acceptors (Lipinski definition) is 2. The standard InChI is InChI=1S/C16H11F3N2O/c1-9(22)10-2-4-11(5-3-10)15-13-7-6-12(16(17,18)19)8-14(13)20-21-15/h2-8H,1H3,(H,20,21). The molecule has 22 heavy (non-hydrogen) atoms. The van der Waals surface area contributed by atoms with Gasteiger partial charge in [0.1, 0.15) is 0 Å². The molecule has 6 heteroatoms. The normalized spacial score (nSPS) is 11.8. The lowest BCUT2D eigenvalue weighted by atomic mass is 10.0. The number of alkyl halides is 3. The average molecular weight is 304 g/mol. The van der Waals surface area contributed by atoms with Crippen molar-refractivity contribution in [3.8, 4) is 11.3 Å². The van der Waals surface area contributed by atoms with Gasteiger partial charge < -0.3 is 0 Å². The van der Waals surface area contributed by atoms with Crippen LogP contribution in [0.3, 0.4) is 0 Å². The molecule has 0 fully saturated rings. The van der Waals surface area contributed by atoms with Crippen LogP contribution in [0.5, 0.6) is 0 Å². The number of nitrogens with one attached hydrogen (secondary N) is 1. The van der Waals surface area contributed by atoms with Gasteiger partial charge in [-0.1, -0.05) is 24.3 Å². The summed E-state index contributed by atoms with van der Waals surface area (Å²) >= 11 is 0. The summed E-state index contributed by atoms with van der Waals surface area (Å²) in [6.07, 6.45) is -4.39. The molecule has 2 aromatic carbocycles. The van der Waals surface area contributed by atoms with Crippen LogP contribution in [0, 0.1) is 0 Å². The van der Waals surface area contributed by atoms with E-state index in [0.717, 1.165) is 17.7 Å². The van der Waals surface area contributed by atoms with Gasteiger partial charge in [0.2, 0.25) is 0 Å². The van der Waals surface area contributed by atoms with E-state index in [1.165, 1.54) is 13.0 Å². The van der Waals surface area contributed by atoms with Crippen LogP contribution in [0.25, 0.3) is 22.2 Å². The summed E-state index contributed by atoms with van der Waals surface area (Å²) in [5.41, 5.74) is 1.46. The highest BCUT2D eigenvalue weighted by atomic mass is 19.4. The van der Waals surface area contributed by atoms with Gasteiger partial charge in [-0.25, -0.2) is 0 Å². The zero-order valence-corrected chi connectivity index (χ0v) is 11.5. The largest absolute Gasteiger partial charge is 0.416 e. The first-order valence-corrected chi connectivity index (χ1v) is 6.53. The maximum Gasteiger partial charge on any atom is 0.416 e. The van der Waals surface area contributed by atoms with Crippen molar-refractivity contribution in [2.75, 3.05) is 0 Å². The first-order valence-electron chi connectivity index (χ1n) is 6.53. The van der Waals surface area contributed by atoms with Crippen LogP contribution in [0.1, 0.15) is 22.8 Å². The molecular weight excluding hydrogens is 293 g/mol. The van der Waals surface area contributed by atoms with Crippen molar-refractivity contribution in [1.82, 2.24) is 10.2 Å². The second-order valence-corrected chi connectivity index (χ2v) is 4.96. The van der Waals surface area contributed by atoms with E-state index in [4.69, 9.17) is 0 Å². The van der Waals surface area contributed by atoms with Gasteiger partial charge in [0.25, 0.3) is 0 Å². The van der Waals surface area contributed by atoms with E-state index < -0.39 is 11.7 Å².